The zero-order valence-corrected chi connectivity index (χ0v) is 19.6. The summed E-state index contributed by atoms with van der Waals surface area (Å²) in [5, 5.41) is 38.1. The van der Waals surface area contributed by atoms with Gasteiger partial charge in [-0.05, 0) is 49.7 Å². The number of aliphatic hydroxyl groups is 2. The van der Waals surface area contributed by atoms with Crippen molar-refractivity contribution >= 4 is 22.9 Å². The van der Waals surface area contributed by atoms with Crippen molar-refractivity contribution in [3.8, 4) is 17.5 Å². The molecule has 10 nitrogen and oxygen atoms in total. The molecular weight excluding hydrogens is 465 g/mol. The third kappa shape index (κ3) is 5.30. The van der Waals surface area contributed by atoms with E-state index in [4.69, 9.17) is 5.26 Å². The minimum absolute atomic E-state index is 0.135. The number of carbonyl (C=O) groups excluding carboxylic acids is 1. The molecule has 4 rings (SSSR count). The fourth-order valence-corrected chi connectivity index (χ4v) is 3.39. The van der Waals surface area contributed by atoms with Crippen molar-refractivity contribution in [2.24, 2.45) is 0 Å². The van der Waals surface area contributed by atoms with Crippen molar-refractivity contribution in [1.29, 1.82) is 5.26 Å². The van der Waals surface area contributed by atoms with Gasteiger partial charge in [0.15, 0.2) is 0 Å². The number of rotatable bonds is 8. The Balaban J connectivity index is 1.70. The molecule has 0 spiro atoms. The molecule has 0 saturated carbocycles. The highest BCUT2D eigenvalue weighted by molar-refractivity contribution is 6.00. The number of pyridine rings is 2. The Bertz CT molecular complexity index is 1440. The lowest BCUT2D eigenvalue weighted by Gasteiger charge is -2.22. The van der Waals surface area contributed by atoms with E-state index in [0.29, 0.717) is 39.5 Å². The van der Waals surface area contributed by atoms with Crippen molar-refractivity contribution in [3.63, 3.8) is 0 Å². The number of nitriles is 1. The van der Waals surface area contributed by atoms with Gasteiger partial charge in [-0.2, -0.15) is 10.4 Å². The van der Waals surface area contributed by atoms with E-state index in [1.807, 2.05) is 0 Å². The monoisotopic (exact) mass is 489 g/mol. The van der Waals surface area contributed by atoms with E-state index in [9.17, 15) is 19.4 Å². The van der Waals surface area contributed by atoms with Crippen LogP contribution in [0.15, 0.2) is 55.0 Å². The summed E-state index contributed by atoms with van der Waals surface area (Å²) in [7, 11) is 0. The lowest BCUT2D eigenvalue weighted by Crippen LogP contribution is -2.42. The number of halogens is 1. The summed E-state index contributed by atoms with van der Waals surface area (Å²) in [5.74, 6) is -0.178. The number of nitrogens with one attached hydrogen (secondary N) is 2. The molecule has 0 aliphatic carbocycles. The van der Waals surface area contributed by atoms with Crippen LogP contribution in [0.4, 0.5) is 15.9 Å². The average molecular weight is 490 g/mol. The number of alkyl halides is 1. The van der Waals surface area contributed by atoms with Crippen LogP contribution < -0.4 is 10.6 Å². The smallest absolute Gasteiger partial charge is 0.255 e. The van der Waals surface area contributed by atoms with Gasteiger partial charge in [0.1, 0.15) is 18.1 Å². The van der Waals surface area contributed by atoms with E-state index in [1.165, 1.54) is 32.4 Å². The summed E-state index contributed by atoms with van der Waals surface area (Å²) >= 11 is 0. The van der Waals surface area contributed by atoms with Gasteiger partial charge in [0.25, 0.3) is 5.91 Å². The van der Waals surface area contributed by atoms with E-state index >= 15 is 0 Å². The van der Waals surface area contributed by atoms with Gasteiger partial charge in [0.05, 0.1) is 58.7 Å². The van der Waals surface area contributed by atoms with Gasteiger partial charge >= 0.3 is 0 Å². The van der Waals surface area contributed by atoms with Gasteiger partial charge in [-0.1, -0.05) is 6.07 Å². The van der Waals surface area contributed by atoms with Crippen molar-refractivity contribution in [2.45, 2.75) is 32.2 Å². The number of fused-ring (bicyclic) bond motifs is 1. The molecule has 4 heterocycles. The summed E-state index contributed by atoms with van der Waals surface area (Å²) < 4.78 is 15.8. The molecule has 184 valence electrons. The third-order valence-corrected chi connectivity index (χ3v) is 5.52. The first-order valence-corrected chi connectivity index (χ1v) is 11.1. The highest BCUT2D eigenvalue weighted by Gasteiger charge is 2.27. The molecule has 0 aliphatic rings. The molecule has 1 amide bonds. The Hall–Kier alpha value is -4.40. The number of hydrogen-bond donors (Lipinski definition) is 4. The SMILES string of the molecule is CC(C)(O)C(F)CNC(=O)c1cnc(-c2ccc3cc(C#N)cnn23)cc1Nc1ccc(CO)cn1. The van der Waals surface area contributed by atoms with Crippen LogP contribution in [0.25, 0.3) is 16.9 Å². The van der Waals surface area contributed by atoms with Crippen LogP contribution in [0.1, 0.15) is 35.3 Å². The molecule has 0 bridgehead atoms. The molecule has 0 radical (unpaired) electrons. The molecule has 4 N–H and O–H groups in total. The van der Waals surface area contributed by atoms with Crippen LogP contribution in [0.2, 0.25) is 0 Å². The highest BCUT2D eigenvalue weighted by Crippen LogP contribution is 2.27. The minimum Gasteiger partial charge on any atom is -0.392 e. The van der Waals surface area contributed by atoms with E-state index < -0.39 is 17.7 Å². The second kappa shape index (κ2) is 10.1. The fourth-order valence-electron chi connectivity index (χ4n) is 3.39. The van der Waals surface area contributed by atoms with Crippen LogP contribution in [0.3, 0.4) is 0 Å². The summed E-state index contributed by atoms with van der Waals surface area (Å²) in [6, 6.07) is 12.3. The Morgan fingerprint density at radius 2 is 2.00 bits per heavy atom. The summed E-state index contributed by atoms with van der Waals surface area (Å²) in [5.41, 5.74) is 1.73. The van der Waals surface area contributed by atoms with Gasteiger partial charge in [0, 0.05) is 12.4 Å². The van der Waals surface area contributed by atoms with E-state index in [2.05, 4.69) is 31.8 Å². The highest BCUT2D eigenvalue weighted by atomic mass is 19.1. The van der Waals surface area contributed by atoms with Crippen molar-refractivity contribution in [3.05, 3.63) is 71.7 Å². The second-order valence-corrected chi connectivity index (χ2v) is 8.69. The lowest BCUT2D eigenvalue weighted by atomic mass is 10.0. The van der Waals surface area contributed by atoms with Crippen LogP contribution in [-0.2, 0) is 6.61 Å². The molecule has 0 fully saturated rings. The van der Waals surface area contributed by atoms with Crippen LogP contribution in [0.5, 0.6) is 0 Å². The third-order valence-electron chi connectivity index (χ3n) is 5.52. The standard InChI is InChI=1S/C25H24FN7O3/c1-25(2,36)22(26)13-30-24(35)18-12-28-20(8-19(18)32-23-6-3-15(14-34)10-29-23)21-5-4-17-7-16(9-27)11-31-33(17)21/h3-8,10-12,22,34,36H,13-14H2,1-2H3,(H,30,35)(H,28,29,32). The number of anilines is 2. The largest absolute Gasteiger partial charge is 0.392 e. The first kappa shape index (κ1) is 24.7. The molecule has 36 heavy (non-hydrogen) atoms. The molecule has 4 aromatic heterocycles. The molecule has 1 unspecified atom stereocenters. The first-order chi connectivity index (χ1) is 17.2. The molecule has 0 saturated heterocycles. The second-order valence-electron chi connectivity index (χ2n) is 8.69. The van der Waals surface area contributed by atoms with E-state index in [-0.39, 0.29) is 18.7 Å². The number of amides is 1. The van der Waals surface area contributed by atoms with Crippen molar-refractivity contribution in [2.75, 3.05) is 11.9 Å². The Morgan fingerprint density at radius 3 is 2.67 bits per heavy atom. The molecule has 4 aromatic rings. The topological polar surface area (TPSA) is 148 Å². The van der Waals surface area contributed by atoms with Gasteiger partial charge in [-0.3, -0.25) is 9.78 Å². The zero-order valence-electron chi connectivity index (χ0n) is 19.6. The van der Waals surface area contributed by atoms with Crippen LogP contribution >= 0.6 is 0 Å². The molecule has 1 atom stereocenters. The summed E-state index contributed by atoms with van der Waals surface area (Å²) in [6.45, 7) is 2.10. The Kier molecular flexibility index (Phi) is 6.91. The molecule has 11 heteroatoms. The Morgan fingerprint density at radius 1 is 1.19 bits per heavy atom. The van der Waals surface area contributed by atoms with Gasteiger partial charge in [-0.15, -0.1) is 0 Å². The van der Waals surface area contributed by atoms with E-state index in [0.717, 1.165) is 0 Å². The summed E-state index contributed by atoms with van der Waals surface area (Å²) in [6.07, 6.45) is 2.63. The van der Waals surface area contributed by atoms with E-state index in [1.54, 1.807) is 40.9 Å². The number of aliphatic hydroxyl groups excluding tert-OH is 1. The summed E-state index contributed by atoms with van der Waals surface area (Å²) in [4.78, 5) is 21.6. The van der Waals surface area contributed by atoms with Gasteiger partial charge in [-0.25, -0.2) is 13.9 Å². The van der Waals surface area contributed by atoms with Crippen molar-refractivity contribution < 1.29 is 19.4 Å². The minimum atomic E-state index is -1.67. The number of carbonyl (C=O) groups is 1. The predicted molar refractivity (Wildman–Crippen MR) is 130 cm³/mol. The molecule has 0 aromatic carbocycles. The predicted octanol–water partition coefficient (Wildman–Crippen LogP) is 2.74. The zero-order chi connectivity index (χ0) is 25.9. The molecular formula is C25H24FN7O3. The van der Waals surface area contributed by atoms with Crippen LogP contribution in [0, 0.1) is 11.3 Å². The lowest BCUT2D eigenvalue weighted by molar-refractivity contribution is -0.00177. The van der Waals surface area contributed by atoms with Gasteiger partial charge < -0.3 is 20.8 Å². The van der Waals surface area contributed by atoms with Gasteiger partial charge in [0.2, 0.25) is 0 Å². The van der Waals surface area contributed by atoms with Crippen molar-refractivity contribution in [1.82, 2.24) is 24.9 Å². The first-order valence-electron chi connectivity index (χ1n) is 11.1. The molecule has 0 aliphatic heterocycles. The number of nitrogens with zero attached hydrogens (tertiary/aromatic N) is 5. The maximum atomic E-state index is 14.2. The normalized spacial score (nSPS) is 12.2. The fraction of sp³-hybridized carbons (Fsp3) is 0.240. The quantitative estimate of drug-likeness (QED) is 0.295. The maximum Gasteiger partial charge on any atom is 0.255 e. The van der Waals surface area contributed by atoms with Crippen LogP contribution in [-0.4, -0.2) is 54.0 Å². The number of aromatic nitrogens is 4. The number of hydrogen-bond acceptors (Lipinski definition) is 8. The Labute approximate surface area is 206 Å². The maximum absolute atomic E-state index is 14.2. The average Bonchev–Trinajstić information content (AvgIpc) is 3.30.